The molecule has 0 N–H and O–H groups in total. The molecule has 0 aromatic heterocycles. The summed E-state index contributed by atoms with van der Waals surface area (Å²) in [7, 11) is 0. The zero-order chi connectivity index (χ0) is 9.90. The smallest absolute Gasteiger partial charge is 0.422 e. The molecule has 1 nitrogen and oxygen atoms in total. The molecule has 1 aromatic rings. The second kappa shape index (κ2) is 3.91. The molecule has 0 spiro atoms. The van der Waals surface area contributed by atoms with Gasteiger partial charge in [0, 0.05) is 4.90 Å². The van der Waals surface area contributed by atoms with Crippen LogP contribution in [0.25, 0.3) is 0 Å². The maximum atomic E-state index is 11.7. The van der Waals surface area contributed by atoms with Crippen LogP contribution in [0.4, 0.5) is 13.2 Å². The van der Waals surface area contributed by atoms with Gasteiger partial charge in [-0.25, -0.2) is 0 Å². The first kappa shape index (κ1) is 10.2. The monoisotopic (exact) mass is 208 g/mol. The van der Waals surface area contributed by atoms with Crippen molar-refractivity contribution in [3.8, 4) is 5.75 Å². The zero-order valence-electron chi connectivity index (χ0n) is 6.51. The van der Waals surface area contributed by atoms with Gasteiger partial charge in [-0.2, -0.15) is 13.2 Å². The third-order valence-corrected chi connectivity index (χ3v) is 1.54. The van der Waals surface area contributed by atoms with E-state index in [-0.39, 0.29) is 5.75 Å². The van der Waals surface area contributed by atoms with E-state index in [1.54, 1.807) is 12.1 Å². The van der Waals surface area contributed by atoms with Crippen molar-refractivity contribution in [2.24, 2.45) is 0 Å². The average molecular weight is 208 g/mol. The zero-order valence-corrected chi connectivity index (χ0v) is 7.40. The van der Waals surface area contributed by atoms with Gasteiger partial charge in [-0.3, -0.25) is 0 Å². The Labute approximate surface area is 78.9 Å². The molecule has 0 atom stereocenters. The summed E-state index contributed by atoms with van der Waals surface area (Å²) >= 11 is 3.98. The molecule has 5 heteroatoms. The summed E-state index contributed by atoms with van der Waals surface area (Å²) in [6.45, 7) is -1.26. The summed E-state index contributed by atoms with van der Waals surface area (Å²) in [5.74, 6) is 0.190. The molecule has 0 fully saturated rings. The van der Waals surface area contributed by atoms with Crippen molar-refractivity contribution in [2.75, 3.05) is 6.61 Å². The Bertz CT molecular complexity index is 268. The van der Waals surface area contributed by atoms with Gasteiger partial charge in [-0.05, 0) is 24.3 Å². The second-order valence-electron chi connectivity index (χ2n) is 2.40. The lowest BCUT2D eigenvalue weighted by Crippen LogP contribution is -2.19. The maximum absolute atomic E-state index is 11.7. The second-order valence-corrected chi connectivity index (χ2v) is 2.91. The molecule has 0 amide bonds. The molecule has 0 bridgehead atoms. The van der Waals surface area contributed by atoms with Crippen LogP contribution in [0.3, 0.4) is 0 Å². The van der Waals surface area contributed by atoms with Crippen LogP contribution in [0.15, 0.2) is 29.2 Å². The highest BCUT2D eigenvalue weighted by Gasteiger charge is 2.28. The first-order valence-electron chi connectivity index (χ1n) is 3.46. The van der Waals surface area contributed by atoms with Gasteiger partial charge in [-0.15, -0.1) is 12.6 Å². The number of hydrogen-bond donors (Lipinski definition) is 1. The van der Waals surface area contributed by atoms with Crippen LogP contribution in [0.2, 0.25) is 0 Å². The summed E-state index contributed by atoms with van der Waals surface area (Å²) in [5, 5.41) is 0. The predicted molar refractivity (Wildman–Crippen MR) is 45.2 cm³/mol. The van der Waals surface area contributed by atoms with E-state index >= 15 is 0 Å². The number of hydrogen-bond acceptors (Lipinski definition) is 2. The van der Waals surface area contributed by atoms with E-state index in [1.807, 2.05) is 0 Å². The SMILES string of the molecule is FC(F)(F)COc1ccc(S)cc1. The lowest BCUT2D eigenvalue weighted by molar-refractivity contribution is -0.153. The summed E-state index contributed by atoms with van der Waals surface area (Å²) in [4.78, 5) is 0.680. The first-order valence-corrected chi connectivity index (χ1v) is 3.91. The molecule has 0 saturated heterocycles. The quantitative estimate of drug-likeness (QED) is 0.735. The van der Waals surface area contributed by atoms with Crippen LogP contribution in [0.1, 0.15) is 0 Å². The Kier molecular flexibility index (Phi) is 3.08. The largest absolute Gasteiger partial charge is 0.484 e. The van der Waals surface area contributed by atoms with Crippen molar-refractivity contribution in [3.05, 3.63) is 24.3 Å². The van der Waals surface area contributed by atoms with Crippen LogP contribution in [-0.2, 0) is 0 Å². The first-order chi connectivity index (χ1) is 5.97. The molecule has 1 rings (SSSR count). The van der Waals surface area contributed by atoms with Crippen LogP contribution in [0.5, 0.6) is 5.75 Å². The highest BCUT2D eigenvalue weighted by atomic mass is 32.1. The molecule has 72 valence electrons. The van der Waals surface area contributed by atoms with E-state index in [2.05, 4.69) is 17.4 Å². The fourth-order valence-corrected chi connectivity index (χ4v) is 0.857. The van der Waals surface area contributed by atoms with Crippen LogP contribution in [0, 0.1) is 0 Å². The van der Waals surface area contributed by atoms with Crippen molar-refractivity contribution < 1.29 is 17.9 Å². The number of rotatable bonds is 2. The summed E-state index contributed by atoms with van der Waals surface area (Å²) in [6.07, 6.45) is -4.29. The normalized spacial score (nSPS) is 11.4. The van der Waals surface area contributed by atoms with Crippen molar-refractivity contribution >= 4 is 12.6 Å². The number of thiol groups is 1. The fourth-order valence-electron chi connectivity index (χ4n) is 0.708. The van der Waals surface area contributed by atoms with E-state index in [9.17, 15) is 13.2 Å². The lowest BCUT2D eigenvalue weighted by atomic mass is 10.3. The standard InChI is InChI=1S/C8H7F3OS/c9-8(10,11)5-12-6-1-3-7(13)4-2-6/h1-4,13H,5H2. The number of halogens is 3. The molecule has 0 aliphatic heterocycles. The van der Waals surface area contributed by atoms with E-state index in [0.717, 1.165) is 0 Å². The molecular formula is C8H7F3OS. The summed E-state index contributed by atoms with van der Waals surface area (Å²) in [5.41, 5.74) is 0. The molecule has 0 saturated carbocycles. The lowest BCUT2D eigenvalue weighted by Gasteiger charge is -2.08. The number of benzene rings is 1. The van der Waals surface area contributed by atoms with Crippen molar-refractivity contribution in [1.82, 2.24) is 0 Å². The van der Waals surface area contributed by atoms with Gasteiger partial charge >= 0.3 is 6.18 Å². The number of ether oxygens (including phenoxy) is 1. The molecule has 0 unspecified atom stereocenters. The Morgan fingerprint density at radius 1 is 1.15 bits per heavy atom. The highest BCUT2D eigenvalue weighted by molar-refractivity contribution is 7.80. The highest BCUT2D eigenvalue weighted by Crippen LogP contribution is 2.19. The van der Waals surface area contributed by atoms with Crippen LogP contribution < -0.4 is 4.74 Å². The summed E-state index contributed by atoms with van der Waals surface area (Å²) in [6, 6.07) is 6.01. The molecule has 0 aliphatic rings. The van der Waals surface area contributed by atoms with Gasteiger partial charge in [0.25, 0.3) is 0 Å². The van der Waals surface area contributed by atoms with Gasteiger partial charge in [-0.1, -0.05) is 0 Å². The van der Waals surface area contributed by atoms with Gasteiger partial charge in [0.05, 0.1) is 0 Å². The van der Waals surface area contributed by atoms with Gasteiger partial charge in [0.1, 0.15) is 5.75 Å². The van der Waals surface area contributed by atoms with Crippen LogP contribution in [-0.4, -0.2) is 12.8 Å². The van der Waals surface area contributed by atoms with Crippen molar-refractivity contribution in [1.29, 1.82) is 0 Å². The third kappa shape index (κ3) is 4.07. The Morgan fingerprint density at radius 2 is 1.69 bits per heavy atom. The molecule has 0 heterocycles. The third-order valence-electron chi connectivity index (χ3n) is 1.24. The Balaban J connectivity index is 2.51. The molecule has 1 aromatic carbocycles. The average Bonchev–Trinajstić information content (AvgIpc) is 2.02. The van der Waals surface area contributed by atoms with E-state index in [0.29, 0.717) is 4.90 Å². The van der Waals surface area contributed by atoms with E-state index < -0.39 is 12.8 Å². The topological polar surface area (TPSA) is 9.23 Å². The molecule has 13 heavy (non-hydrogen) atoms. The van der Waals surface area contributed by atoms with Crippen molar-refractivity contribution in [3.63, 3.8) is 0 Å². The Hall–Kier alpha value is -0.840. The van der Waals surface area contributed by atoms with Crippen molar-refractivity contribution in [2.45, 2.75) is 11.1 Å². The minimum absolute atomic E-state index is 0.190. The fraction of sp³-hybridized carbons (Fsp3) is 0.250. The van der Waals surface area contributed by atoms with E-state index in [4.69, 9.17) is 0 Å². The predicted octanol–water partition coefficient (Wildman–Crippen LogP) is 2.92. The molecule has 0 radical (unpaired) electrons. The number of alkyl halides is 3. The summed E-state index contributed by atoms with van der Waals surface area (Å²) < 4.78 is 39.5. The minimum atomic E-state index is -4.29. The Morgan fingerprint density at radius 3 is 2.15 bits per heavy atom. The molecule has 0 aliphatic carbocycles. The van der Waals surface area contributed by atoms with Gasteiger partial charge in [0.2, 0.25) is 0 Å². The van der Waals surface area contributed by atoms with E-state index in [1.165, 1.54) is 12.1 Å². The maximum Gasteiger partial charge on any atom is 0.422 e. The van der Waals surface area contributed by atoms with Gasteiger partial charge in [0.15, 0.2) is 6.61 Å². The van der Waals surface area contributed by atoms with Gasteiger partial charge < -0.3 is 4.74 Å². The molecular weight excluding hydrogens is 201 g/mol. The van der Waals surface area contributed by atoms with Crippen LogP contribution >= 0.6 is 12.6 Å². The minimum Gasteiger partial charge on any atom is -0.484 e.